The summed E-state index contributed by atoms with van der Waals surface area (Å²) in [6, 6.07) is 0. The van der Waals surface area contributed by atoms with Gasteiger partial charge in [0, 0.05) is 5.92 Å². The fourth-order valence-electron chi connectivity index (χ4n) is 1.26. The maximum atomic E-state index is 11.9. The van der Waals surface area contributed by atoms with Gasteiger partial charge in [0.2, 0.25) is 0 Å². The predicted octanol–water partition coefficient (Wildman–Crippen LogP) is 2.54. The summed E-state index contributed by atoms with van der Waals surface area (Å²) in [6.45, 7) is 0. The molecular weight excluding hydrogens is 237 g/mol. The number of rotatable bonds is 2. The van der Waals surface area contributed by atoms with Crippen LogP contribution >= 0.6 is 15.9 Å². The van der Waals surface area contributed by atoms with Gasteiger partial charge in [0.1, 0.15) is 5.78 Å². The molecule has 5 heteroatoms. The largest absolute Gasteiger partial charge is 0.391 e. The van der Waals surface area contributed by atoms with E-state index in [-0.39, 0.29) is 29.9 Å². The van der Waals surface area contributed by atoms with Crippen molar-refractivity contribution in [3.63, 3.8) is 0 Å². The molecule has 0 N–H and O–H groups in total. The topological polar surface area (TPSA) is 17.1 Å². The normalized spacial score (nSPS) is 29.7. The Labute approximate surface area is 76.4 Å². The third kappa shape index (κ3) is 2.00. The zero-order valence-corrected chi connectivity index (χ0v) is 7.78. The van der Waals surface area contributed by atoms with Crippen LogP contribution in [0.3, 0.4) is 0 Å². The van der Waals surface area contributed by atoms with Crippen molar-refractivity contribution < 1.29 is 18.0 Å². The molecule has 0 spiro atoms. The summed E-state index contributed by atoms with van der Waals surface area (Å²) in [7, 11) is 0. The van der Waals surface area contributed by atoms with Gasteiger partial charge in [0.05, 0.1) is 11.2 Å². The van der Waals surface area contributed by atoms with Crippen molar-refractivity contribution in [3.05, 3.63) is 0 Å². The molecule has 0 heterocycles. The molecule has 0 aromatic carbocycles. The predicted molar refractivity (Wildman–Crippen MR) is 41.1 cm³/mol. The van der Waals surface area contributed by atoms with Gasteiger partial charge >= 0.3 is 6.18 Å². The SMILES string of the molecule is O=C(CBr)C1CC(C(F)(F)F)C1. The van der Waals surface area contributed by atoms with Crippen molar-refractivity contribution in [2.24, 2.45) is 11.8 Å². The van der Waals surface area contributed by atoms with E-state index in [0.717, 1.165) is 0 Å². The van der Waals surface area contributed by atoms with Crippen LogP contribution in [0, 0.1) is 11.8 Å². The van der Waals surface area contributed by atoms with Crippen molar-refractivity contribution in [1.82, 2.24) is 0 Å². The summed E-state index contributed by atoms with van der Waals surface area (Å²) < 4.78 is 35.8. The lowest BCUT2D eigenvalue weighted by molar-refractivity contribution is -0.203. The van der Waals surface area contributed by atoms with E-state index < -0.39 is 12.1 Å². The van der Waals surface area contributed by atoms with Crippen LogP contribution in [0.25, 0.3) is 0 Å². The Balaban J connectivity index is 2.34. The third-order valence-electron chi connectivity index (χ3n) is 2.19. The molecule has 0 aromatic rings. The average Bonchev–Trinajstić information content (AvgIpc) is 1.80. The van der Waals surface area contributed by atoms with Crippen LogP contribution < -0.4 is 0 Å². The summed E-state index contributed by atoms with van der Waals surface area (Å²) in [5, 5.41) is 0.169. The standard InChI is InChI=1S/C7H8BrF3O/c8-3-6(12)4-1-5(2-4)7(9,10)11/h4-5H,1-3H2. The van der Waals surface area contributed by atoms with E-state index in [1.54, 1.807) is 0 Å². The molecular formula is C7H8BrF3O. The monoisotopic (exact) mass is 244 g/mol. The fourth-order valence-corrected chi connectivity index (χ4v) is 1.71. The van der Waals surface area contributed by atoms with Crippen LogP contribution in [0.15, 0.2) is 0 Å². The quantitative estimate of drug-likeness (QED) is 0.683. The maximum Gasteiger partial charge on any atom is 0.391 e. The second-order valence-corrected chi connectivity index (χ2v) is 3.57. The lowest BCUT2D eigenvalue weighted by atomic mass is 9.73. The summed E-state index contributed by atoms with van der Waals surface area (Å²) in [6.07, 6.45) is -4.15. The molecule has 0 atom stereocenters. The van der Waals surface area contributed by atoms with Crippen LogP contribution in [0.4, 0.5) is 13.2 Å². The molecule has 1 aliphatic rings. The van der Waals surface area contributed by atoms with Gasteiger partial charge in [-0.2, -0.15) is 13.2 Å². The fraction of sp³-hybridized carbons (Fsp3) is 0.857. The third-order valence-corrected chi connectivity index (χ3v) is 2.74. The van der Waals surface area contributed by atoms with Gasteiger partial charge < -0.3 is 0 Å². The van der Waals surface area contributed by atoms with Crippen LogP contribution in [0.5, 0.6) is 0 Å². The Morgan fingerprint density at radius 2 is 1.92 bits per heavy atom. The molecule has 70 valence electrons. The molecule has 1 rings (SSSR count). The Morgan fingerprint density at radius 1 is 1.42 bits per heavy atom. The number of carbonyl (C=O) groups excluding carboxylic acids is 1. The highest BCUT2D eigenvalue weighted by atomic mass is 79.9. The first-order valence-electron chi connectivity index (χ1n) is 3.60. The molecule has 0 amide bonds. The van der Waals surface area contributed by atoms with Gasteiger partial charge in [0.15, 0.2) is 0 Å². The highest BCUT2D eigenvalue weighted by Gasteiger charge is 2.49. The van der Waals surface area contributed by atoms with Crippen molar-refractivity contribution in [2.45, 2.75) is 19.0 Å². The molecule has 0 radical (unpaired) electrons. The highest BCUT2D eigenvalue weighted by molar-refractivity contribution is 9.09. The lowest BCUT2D eigenvalue weighted by Crippen LogP contribution is -2.39. The van der Waals surface area contributed by atoms with Crippen LogP contribution in [-0.2, 0) is 4.79 Å². The Bertz CT molecular complexity index is 184. The number of ketones is 1. The van der Waals surface area contributed by atoms with Crippen molar-refractivity contribution in [2.75, 3.05) is 5.33 Å². The number of alkyl halides is 4. The first kappa shape index (κ1) is 10.0. The van der Waals surface area contributed by atoms with E-state index in [0.29, 0.717) is 0 Å². The molecule has 1 fully saturated rings. The van der Waals surface area contributed by atoms with Crippen LogP contribution in [0.2, 0.25) is 0 Å². The summed E-state index contributed by atoms with van der Waals surface area (Å²) >= 11 is 2.93. The highest BCUT2D eigenvalue weighted by Crippen LogP contribution is 2.45. The van der Waals surface area contributed by atoms with Gasteiger partial charge in [-0.15, -0.1) is 0 Å². The molecule has 1 saturated carbocycles. The van der Waals surface area contributed by atoms with Crippen LogP contribution in [0.1, 0.15) is 12.8 Å². The average molecular weight is 245 g/mol. The smallest absolute Gasteiger partial charge is 0.298 e. The zero-order chi connectivity index (χ0) is 9.35. The first-order valence-corrected chi connectivity index (χ1v) is 4.72. The minimum Gasteiger partial charge on any atom is -0.298 e. The van der Waals surface area contributed by atoms with E-state index in [2.05, 4.69) is 15.9 Å². The number of carbonyl (C=O) groups is 1. The molecule has 1 aliphatic carbocycles. The van der Waals surface area contributed by atoms with E-state index >= 15 is 0 Å². The van der Waals surface area contributed by atoms with Gasteiger partial charge in [-0.1, -0.05) is 15.9 Å². The van der Waals surface area contributed by atoms with E-state index in [4.69, 9.17) is 0 Å². The van der Waals surface area contributed by atoms with Gasteiger partial charge in [-0.05, 0) is 12.8 Å². The molecule has 12 heavy (non-hydrogen) atoms. The lowest BCUT2D eigenvalue weighted by Gasteiger charge is -2.35. The first-order chi connectivity index (χ1) is 5.45. The van der Waals surface area contributed by atoms with Crippen LogP contribution in [-0.4, -0.2) is 17.3 Å². The molecule has 1 nitrogen and oxygen atoms in total. The minimum absolute atomic E-state index is 0.0199. The number of hydrogen-bond acceptors (Lipinski definition) is 1. The minimum atomic E-state index is -4.11. The van der Waals surface area contributed by atoms with Crippen molar-refractivity contribution >= 4 is 21.7 Å². The second-order valence-electron chi connectivity index (χ2n) is 3.01. The van der Waals surface area contributed by atoms with Crippen molar-refractivity contribution in [3.8, 4) is 0 Å². The van der Waals surface area contributed by atoms with E-state index in [9.17, 15) is 18.0 Å². The summed E-state index contributed by atoms with van der Waals surface area (Å²) in [4.78, 5) is 10.9. The molecule has 0 unspecified atom stereocenters. The summed E-state index contributed by atoms with van der Waals surface area (Å²) in [5.41, 5.74) is 0. The Hall–Kier alpha value is -0.0600. The molecule has 0 aliphatic heterocycles. The van der Waals surface area contributed by atoms with Crippen molar-refractivity contribution in [1.29, 1.82) is 0 Å². The molecule has 0 saturated heterocycles. The van der Waals surface area contributed by atoms with E-state index in [1.165, 1.54) is 0 Å². The Kier molecular flexibility index (Phi) is 2.81. The zero-order valence-electron chi connectivity index (χ0n) is 6.20. The Morgan fingerprint density at radius 3 is 2.25 bits per heavy atom. The van der Waals surface area contributed by atoms with Gasteiger partial charge in [-0.3, -0.25) is 4.79 Å². The van der Waals surface area contributed by atoms with E-state index in [1.807, 2.05) is 0 Å². The summed E-state index contributed by atoms with van der Waals surface area (Å²) in [5.74, 6) is -1.73. The number of halogens is 4. The maximum absolute atomic E-state index is 11.9. The second kappa shape index (κ2) is 3.36. The molecule has 0 aromatic heterocycles. The van der Waals surface area contributed by atoms with Gasteiger partial charge in [-0.25, -0.2) is 0 Å². The van der Waals surface area contributed by atoms with Gasteiger partial charge in [0.25, 0.3) is 0 Å². The number of hydrogen-bond donors (Lipinski definition) is 0. The molecule has 0 bridgehead atoms. The number of Topliss-reactive ketones (excluding diaryl/α,β-unsaturated/α-hetero) is 1.